The Hall–Kier alpha value is -3.67. The SMILES string of the molecule is O=C(NCCc1ccc(-n2cccn2)cc1)c1cnn(Cc2ccccc2)c1. The van der Waals surface area contributed by atoms with E-state index in [2.05, 4.69) is 27.6 Å². The van der Waals surface area contributed by atoms with Gasteiger partial charge in [-0.25, -0.2) is 4.68 Å². The van der Waals surface area contributed by atoms with E-state index in [4.69, 9.17) is 0 Å². The molecule has 0 aliphatic heterocycles. The molecule has 4 aromatic rings. The second kappa shape index (κ2) is 8.35. The Morgan fingerprint density at radius 3 is 2.50 bits per heavy atom. The number of rotatable bonds is 7. The molecular weight excluding hydrogens is 350 g/mol. The second-order valence-corrected chi connectivity index (χ2v) is 6.54. The van der Waals surface area contributed by atoms with Crippen LogP contribution in [-0.2, 0) is 13.0 Å². The maximum atomic E-state index is 12.3. The number of carbonyl (C=O) groups excluding carboxylic acids is 1. The highest BCUT2D eigenvalue weighted by atomic mass is 16.1. The van der Waals surface area contributed by atoms with Gasteiger partial charge in [-0.3, -0.25) is 9.48 Å². The zero-order chi connectivity index (χ0) is 19.2. The maximum absolute atomic E-state index is 12.3. The van der Waals surface area contributed by atoms with Crippen LogP contribution in [0.1, 0.15) is 21.5 Å². The Morgan fingerprint density at radius 2 is 1.75 bits per heavy atom. The van der Waals surface area contributed by atoms with Gasteiger partial charge >= 0.3 is 0 Å². The minimum Gasteiger partial charge on any atom is -0.352 e. The Kier molecular flexibility index (Phi) is 5.29. The molecule has 140 valence electrons. The van der Waals surface area contributed by atoms with Crippen molar-refractivity contribution in [1.29, 1.82) is 0 Å². The number of amides is 1. The lowest BCUT2D eigenvalue weighted by Gasteiger charge is -2.06. The smallest absolute Gasteiger partial charge is 0.254 e. The van der Waals surface area contributed by atoms with Crippen LogP contribution < -0.4 is 5.32 Å². The molecule has 0 atom stereocenters. The summed E-state index contributed by atoms with van der Waals surface area (Å²) in [4.78, 5) is 12.3. The monoisotopic (exact) mass is 371 g/mol. The molecule has 2 aromatic carbocycles. The summed E-state index contributed by atoms with van der Waals surface area (Å²) >= 11 is 0. The molecule has 6 heteroatoms. The summed E-state index contributed by atoms with van der Waals surface area (Å²) in [5.74, 6) is -0.104. The highest BCUT2D eigenvalue weighted by Gasteiger charge is 2.08. The lowest BCUT2D eigenvalue weighted by atomic mass is 10.1. The molecule has 2 aromatic heterocycles. The summed E-state index contributed by atoms with van der Waals surface area (Å²) < 4.78 is 3.59. The molecule has 0 spiro atoms. The second-order valence-electron chi connectivity index (χ2n) is 6.54. The van der Waals surface area contributed by atoms with Crippen molar-refractivity contribution in [3.05, 3.63) is 102 Å². The predicted molar refractivity (Wildman–Crippen MR) is 107 cm³/mol. The van der Waals surface area contributed by atoms with Crippen molar-refractivity contribution in [1.82, 2.24) is 24.9 Å². The lowest BCUT2D eigenvalue weighted by Crippen LogP contribution is -2.25. The summed E-state index contributed by atoms with van der Waals surface area (Å²) in [6, 6.07) is 20.1. The largest absolute Gasteiger partial charge is 0.352 e. The molecule has 0 aliphatic rings. The van der Waals surface area contributed by atoms with Crippen LogP contribution in [0.15, 0.2) is 85.5 Å². The molecule has 6 nitrogen and oxygen atoms in total. The first-order valence-electron chi connectivity index (χ1n) is 9.21. The van der Waals surface area contributed by atoms with E-state index in [0.717, 1.165) is 23.2 Å². The van der Waals surface area contributed by atoms with Gasteiger partial charge in [-0.1, -0.05) is 42.5 Å². The van der Waals surface area contributed by atoms with Crippen molar-refractivity contribution in [3.63, 3.8) is 0 Å². The maximum Gasteiger partial charge on any atom is 0.254 e. The van der Waals surface area contributed by atoms with Crippen LogP contribution in [0.4, 0.5) is 0 Å². The Bertz CT molecular complexity index is 1020. The van der Waals surface area contributed by atoms with E-state index in [1.807, 2.05) is 59.4 Å². The van der Waals surface area contributed by atoms with E-state index >= 15 is 0 Å². The zero-order valence-corrected chi connectivity index (χ0v) is 15.4. The van der Waals surface area contributed by atoms with Gasteiger partial charge in [0.2, 0.25) is 0 Å². The fraction of sp³-hybridized carbons (Fsp3) is 0.136. The third-order valence-electron chi connectivity index (χ3n) is 4.49. The van der Waals surface area contributed by atoms with Crippen LogP contribution in [0.25, 0.3) is 5.69 Å². The van der Waals surface area contributed by atoms with Crippen molar-refractivity contribution in [2.24, 2.45) is 0 Å². The molecule has 28 heavy (non-hydrogen) atoms. The van der Waals surface area contributed by atoms with Gasteiger partial charge in [0.15, 0.2) is 0 Å². The van der Waals surface area contributed by atoms with Gasteiger partial charge in [-0.2, -0.15) is 10.2 Å². The fourth-order valence-electron chi connectivity index (χ4n) is 3.00. The molecule has 0 saturated heterocycles. The minimum absolute atomic E-state index is 0.104. The number of hydrogen-bond donors (Lipinski definition) is 1. The minimum atomic E-state index is -0.104. The molecule has 2 heterocycles. The quantitative estimate of drug-likeness (QED) is 0.543. The fourth-order valence-corrected chi connectivity index (χ4v) is 3.00. The van der Waals surface area contributed by atoms with Gasteiger partial charge in [0, 0.05) is 25.1 Å². The van der Waals surface area contributed by atoms with Crippen molar-refractivity contribution in [2.75, 3.05) is 6.54 Å². The summed E-state index contributed by atoms with van der Waals surface area (Å²) in [6.07, 6.45) is 7.82. The number of carbonyl (C=O) groups is 1. The number of aromatic nitrogens is 4. The molecule has 4 rings (SSSR count). The van der Waals surface area contributed by atoms with Crippen molar-refractivity contribution >= 4 is 5.91 Å². The normalized spacial score (nSPS) is 10.7. The van der Waals surface area contributed by atoms with Gasteiger partial charge in [0.25, 0.3) is 5.91 Å². The van der Waals surface area contributed by atoms with Crippen molar-refractivity contribution < 1.29 is 4.79 Å². The Labute approximate surface area is 163 Å². The molecule has 1 amide bonds. The van der Waals surface area contributed by atoms with Gasteiger partial charge in [-0.05, 0) is 35.7 Å². The van der Waals surface area contributed by atoms with Gasteiger partial charge in [0.05, 0.1) is 24.0 Å². The van der Waals surface area contributed by atoms with E-state index in [-0.39, 0.29) is 5.91 Å². The topological polar surface area (TPSA) is 64.7 Å². The van der Waals surface area contributed by atoms with Gasteiger partial charge < -0.3 is 5.32 Å². The van der Waals surface area contributed by atoms with Crippen LogP contribution >= 0.6 is 0 Å². The van der Waals surface area contributed by atoms with Crippen LogP contribution in [0.5, 0.6) is 0 Å². The van der Waals surface area contributed by atoms with Crippen LogP contribution in [0.2, 0.25) is 0 Å². The van der Waals surface area contributed by atoms with Gasteiger partial charge in [0.1, 0.15) is 0 Å². The van der Waals surface area contributed by atoms with Gasteiger partial charge in [-0.15, -0.1) is 0 Å². The van der Waals surface area contributed by atoms with E-state index in [0.29, 0.717) is 18.7 Å². The number of hydrogen-bond acceptors (Lipinski definition) is 3. The average Bonchev–Trinajstić information content (AvgIpc) is 3.42. The first-order valence-corrected chi connectivity index (χ1v) is 9.21. The van der Waals surface area contributed by atoms with Crippen LogP contribution in [0.3, 0.4) is 0 Å². The molecule has 0 unspecified atom stereocenters. The van der Waals surface area contributed by atoms with E-state index < -0.39 is 0 Å². The Balaban J connectivity index is 1.28. The molecule has 0 fully saturated rings. The van der Waals surface area contributed by atoms with Crippen molar-refractivity contribution in [2.45, 2.75) is 13.0 Å². The third-order valence-corrected chi connectivity index (χ3v) is 4.49. The molecule has 0 aliphatic carbocycles. The molecular formula is C22H21N5O. The molecule has 1 N–H and O–H groups in total. The van der Waals surface area contributed by atoms with Crippen LogP contribution in [0, 0.1) is 0 Å². The molecule has 0 bridgehead atoms. The highest BCUT2D eigenvalue weighted by molar-refractivity contribution is 5.93. The third kappa shape index (κ3) is 4.35. The average molecular weight is 371 g/mol. The lowest BCUT2D eigenvalue weighted by molar-refractivity contribution is 0.0954. The number of nitrogens with one attached hydrogen (secondary N) is 1. The zero-order valence-electron chi connectivity index (χ0n) is 15.4. The summed E-state index contributed by atoms with van der Waals surface area (Å²) in [5, 5.41) is 11.5. The summed E-state index contributed by atoms with van der Waals surface area (Å²) in [5.41, 5.74) is 3.90. The van der Waals surface area contributed by atoms with Crippen LogP contribution in [-0.4, -0.2) is 32.0 Å². The van der Waals surface area contributed by atoms with E-state index in [9.17, 15) is 4.79 Å². The molecule has 0 radical (unpaired) electrons. The first-order chi connectivity index (χ1) is 13.8. The standard InChI is InChI=1S/C22H21N5O/c28-22(20-15-25-26(17-20)16-19-5-2-1-3-6-19)23-13-11-18-7-9-21(10-8-18)27-14-4-12-24-27/h1-10,12,14-15,17H,11,13,16H2,(H,23,28). The van der Waals surface area contributed by atoms with E-state index in [1.54, 1.807) is 23.3 Å². The molecule has 0 saturated carbocycles. The predicted octanol–water partition coefficient (Wildman–Crippen LogP) is 3.09. The first kappa shape index (κ1) is 17.7. The van der Waals surface area contributed by atoms with E-state index in [1.165, 1.54) is 0 Å². The van der Waals surface area contributed by atoms with Crippen molar-refractivity contribution in [3.8, 4) is 5.69 Å². The highest BCUT2D eigenvalue weighted by Crippen LogP contribution is 2.09. The Morgan fingerprint density at radius 1 is 0.929 bits per heavy atom. The summed E-state index contributed by atoms with van der Waals surface area (Å²) in [7, 11) is 0. The number of benzene rings is 2. The summed E-state index contributed by atoms with van der Waals surface area (Å²) in [6.45, 7) is 1.22. The number of nitrogens with zero attached hydrogens (tertiary/aromatic N) is 4.